The maximum Gasteiger partial charge on any atom is 0.251 e. The second kappa shape index (κ2) is 9.03. The van der Waals surface area contributed by atoms with Crippen molar-refractivity contribution < 1.29 is 14.0 Å². The lowest BCUT2D eigenvalue weighted by molar-refractivity contribution is -0.120. The molecule has 0 aliphatic heterocycles. The second-order valence-electron chi connectivity index (χ2n) is 4.36. The summed E-state index contributed by atoms with van der Waals surface area (Å²) in [6.07, 6.45) is 1.95. The summed E-state index contributed by atoms with van der Waals surface area (Å²) >= 11 is 0. The van der Waals surface area contributed by atoms with Crippen molar-refractivity contribution in [1.82, 2.24) is 10.6 Å². The minimum atomic E-state index is -0.390. The molecule has 0 fully saturated rings. The van der Waals surface area contributed by atoms with E-state index < -0.39 is 5.82 Å². The molecular weight excluding hydrogens is 261 g/mol. The van der Waals surface area contributed by atoms with Crippen LogP contribution >= 0.6 is 0 Å². The van der Waals surface area contributed by atoms with E-state index in [9.17, 15) is 14.0 Å². The normalized spacial score (nSPS) is 10.1. The van der Waals surface area contributed by atoms with Gasteiger partial charge in [0.05, 0.1) is 0 Å². The van der Waals surface area contributed by atoms with Crippen LogP contribution in [0.1, 0.15) is 29.6 Å². The fourth-order valence-electron chi connectivity index (χ4n) is 1.58. The van der Waals surface area contributed by atoms with Crippen molar-refractivity contribution in [2.24, 2.45) is 5.73 Å². The number of benzene rings is 1. The van der Waals surface area contributed by atoms with Crippen LogP contribution in [0.4, 0.5) is 4.39 Å². The number of carbonyl (C=O) groups is 2. The van der Waals surface area contributed by atoms with E-state index in [2.05, 4.69) is 10.6 Å². The number of rotatable bonds is 8. The first-order valence-electron chi connectivity index (χ1n) is 6.64. The Hall–Kier alpha value is -1.95. The number of hydrogen-bond acceptors (Lipinski definition) is 3. The third-order valence-corrected chi connectivity index (χ3v) is 2.70. The number of hydrogen-bond donors (Lipinski definition) is 3. The first kappa shape index (κ1) is 16.1. The van der Waals surface area contributed by atoms with Gasteiger partial charge in [0.1, 0.15) is 5.82 Å². The molecule has 1 rings (SSSR count). The predicted octanol–water partition coefficient (Wildman–Crippen LogP) is 0.801. The molecule has 2 amide bonds. The fourth-order valence-corrected chi connectivity index (χ4v) is 1.58. The van der Waals surface area contributed by atoms with Crippen molar-refractivity contribution in [3.8, 4) is 0 Å². The van der Waals surface area contributed by atoms with Crippen LogP contribution in [-0.4, -0.2) is 31.4 Å². The Bertz CT molecular complexity index is 435. The van der Waals surface area contributed by atoms with Crippen LogP contribution in [0, 0.1) is 5.82 Å². The number of nitrogens with two attached hydrogens (primary N) is 1. The van der Waals surface area contributed by atoms with Gasteiger partial charge >= 0.3 is 0 Å². The first-order valence-corrected chi connectivity index (χ1v) is 6.64. The molecule has 20 heavy (non-hydrogen) atoms. The molecule has 0 spiro atoms. The zero-order valence-corrected chi connectivity index (χ0v) is 11.3. The standard InChI is InChI=1S/C14H20FN3O2/c15-12-5-3-11(4-6-12)14(20)18-10-7-13(19)17-9-2-1-8-16/h3-6H,1-2,7-10,16H2,(H,17,19)(H,18,20). The Balaban J connectivity index is 2.18. The molecule has 4 N–H and O–H groups in total. The van der Waals surface area contributed by atoms with E-state index in [0.717, 1.165) is 12.8 Å². The topological polar surface area (TPSA) is 84.2 Å². The van der Waals surface area contributed by atoms with Gasteiger partial charge in [0.15, 0.2) is 0 Å². The highest BCUT2D eigenvalue weighted by Gasteiger charge is 2.06. The van der Waals surface area contributed by atoms with Crippen molar-refractivity contribution in [3.63, 3.8) is 0 Å². The molecule has 0 aliphatic carbocycles. The predicted molar refractivity (Wildman–Crippen MR) is 74.6 cm³/mol. The van der Waals surface area contributed by atoms with E-state index in [1.165, 1.54) is 24.3 Å². The Labute approximate surface area is 117 Å². The molecule has 0 bridgehead atoms. The fraction of sp³-hybridized carbons (Fsp3) is 0.429. The minimum Gasteiger partial charge on any atom is -0.356 e. The molecule has 0 aromatic heterocycles. The Morgan fingerprint density at radius 3 is 2.40 bits per heavy atom. The summed E-state index contributed by atoms with van der Waals surface area (Å²) in [6.45, 7) is 1.46. The molecule has 1 aromatic rings. The monoisotopic (exact) mass is 281 g/mol. The van der Waals surface area contributed by atoms with Crippen LogP contribution in [0.3, 0.4) is 0 Å². The van der Waals surface area contributed by atoms with E-state index in [4.69, 9.17) is 5.73 Å². The number of amides is 2. The van der Waals surface area contributed by atoms with Crippen molar-refractivity contribution >= 4 is 11.8 Å². The summed E-state index contributed by atoms with van der Waals surface area (Å²) < 4.78 is 12.7. The van der Waals surface area contributed by atoms with Crippen LogP contribution in [0.2, 0.25) is 0 Å². The van der Waals surface area contributed by atoms with Gasteiger partial charge in [-0.25, -0.2) is 4.39 Å². The number of unbranched alkanes of at least 4 members (excludes halogenated alkanes) is 1. The zero-order chi connectivity index (χ0) is 14.8. The molecule has 6 heteroatoms. The Morgan fingerprint density at radius 1 is 1.05 bits per heavy atom. The molecule has 0 saturated carbocycles. The lowest BCUT2D eigenvalue weighted by Crippen LogP contribution is -2.31. The van der Waals surface area contributed by atoms with Crippen LogP contribution in [0.15, 0.2) is 24.3 Å². The highest BCUT2D eigenvalue weighted by molar-refractivity contribution is 5.94. The van der Waals surface area contributed by atoms with Crippen LogP contribution in [-0.2, 0) is 4.79 Å². The van der Waals surface area contributed by atoms with Crippen LogP contribution < -0.4 is 16.4 Å². The van der Waals surface area contributed by atoms with Gasteiger partial charge in [-0.15, -0.1) is 0 Å². The van der Waals surface area contributed by atoms with Gasteiger partial charge in [0.2, 0.25) is 5.91 Å². The molecular formula is C14H20FN3O2. The average molecular weight is 281 g/mol. The summed E-state index contributed by atoms with van der Waals surface area (Å²) in [4.78, 5) is 23.1. The van der Waals surface area contributed by atoms with Gasteiger partial charge in [-0.3, -0.25) is 9.59 Å². The van der Waals surface area contributed by atoms with Crippen molar-refractivity contribution in [1.29, 1.82) is 0 Å². The molecule has 1 aromatic carbocycles. The molecule has 110 valence electrons. The minimum absolute atomic E-state index is 0.110. The average Bonchev–Trinajstić information content (AvgIpc) is 2.44. The quantitative estimate of drug-likeness (QED) is 0.616. The van der Waals surface area contributed by atoms with Gasteiger partial charge < -0.3 is 16.4 Å². The van der Waals surface area contributed by atoms with E-state index in [1.54, 1.807) is 0 Å². The van der Waals surface area contributed by atoms with E-state index in [1.807, 2.05) is 0 Å². The Morgan fingerprint density at radius 2 is 1.75 bits per heavy atom. The second-order valence-corrected chi connectivity index (χ2v) is 4.36. The summed E-state index contributed by atoms with van der Waals surface area (Å²) in [6, 6.07) is 5.24. The third kappa shape index (κ3) is 6.29. The first-order chi connectivity index (χ1) is 9.63. The van der Waals surface area contributed by atoms with Gasteiger partial charge in [-0.2, -0.15) is 0 Å². The highest BCUT2D eigenvalue weighted by atomic mass is 19.1. The van der Waals surface area contributed by atoms with Gasteiger partial charge in [0.25, 0.3) is 5.91 Å². The lowest BCUT2D eigenvalue weighted by atomic mass is 10.2. The SMILES string of the molecule is NCCCCNC(=O)CCNC(=O)c1ccc(F)cc1. The van der Waals surface area contributed by atoms with Crippen molar-refractivity contribution in [2.45, 2.75) is 19.3 Å². The molecule has 5 nitrogen and oxygen atoms in total. The molecule has 0 atom stereocenters. The molecule has 0 radical (unpaired) electrons. The maximum absolute atomic E-state index is 12.7. The van der Waals surface area contributed by atoms with E-state index in [0.29, 0.717) is 18.7 Å². The van der Waals surface area contributed by atoms with Crippen LogP contribution in [0.25, 0.3) is 0 Å². The third-order valence-electron chi connectivity index (χ3n) is 2.70. The maximum atomic E-state index is 12.7. The molecule has 0 aliphatic rings. The Kier molecular flexibility index (Phi) is 7.27. The van der Waals surface area contributed by atoms with Gasteiger partial charge in [0, 0.05) is 25.1 Å². The molecule has 0 saturated heterocycles. The molecule has 0 unspecified atom stereocenters. The zero-order valence-electron chi connectivity index (χ0n) is 11.3. The summed E-state index contributed by atoms with van der Waals surface area (Å²) in [5.41, 5.74) is 5.71. The highest BCUT2D eigenvalue weighted by Crippen LogP contribution is 2.02. The van der Waals surface area contributed by atoms with Crippen LogP contribution in [0.5, 0.6) is 0 Å². The smallest absolute Gasteiger partial charge is 0.251 e. The number of nitrogens with one attached hydrogen (secondary N) is 2. The van der Waals surface area contributed by atoms with Crippen molar-refractivity contribution in [3.05, 3.63) is 35.6 Å². The van der Waals surface area contributed by atoms with Gasteiger partial charge in [-0.1, -0.05) is 0 Å². The molecule has 0 heterocycles. The van der Waals surface area contributed by atoms with E-state index in [-0.39, 0.29) is 24.8 Å². The largest absolute Gasteiger partial charge is 0.356 e. The summed E-state index contributed by atoms with van der Waals surface area (Å²) in [5, 5.41) is 5.35. The summed E-state index contributed by atoms with van der Waals surface area (Å²) in [5.74, 6) is -0.819. The van der Waals surface area contributed by atoms with E-state index >= 15 is 0 Å². The van der Waals surface area contributed by atoms with Crippen molar-refractivity contribution in [2.75, 3.05) is 19.6 Å². The number of halogens is 1. The number of carbonyl (C=O) groups excluding carboxylic acids is 2. The summed E-state index contributed by atoms with van der Waals surface area (Å²) in [7, 11) is 0. The lowest BCUT2D eigenvalue weighted by Gasteiger charge is -2.06. The van der Waals surface area contributed by atoms with Gasteiger partial charge in [-0.05, 0) is 43.7 Å².